The van der Waals surface area contributed by atoms with Crippen molar-refractivity contribution in [2.24, 2.45) is 0 Å². The Morgan fingerprint density at radius 1 is 1.09 bits per heavy atom. The van der Waals surface area contributed by atoms with Gasteiger partial charge in [-0.2, -0.15) is 19.1 Å². The van der Waals surface area contributed by atoms with Crippen LogP contribution in [0.25, 0.3) is 16.9 Å². The quantitative estimate of drug-likeness (QED) is 0.731. The Labute approximate surface area is 131 Å². The van der Waals surface area contributed by atoms with Crippen LogP contribution in [0, 0.1) is 11.3 Å². The molecule has 114 valence electrons. The molecule has 2 aromatic carbocycles. The lowest BCUT2D eigenvalue weighted by molar-refractivity contribution is -0.0498. The predicted molar refractivity (Wildman–Crippen MR) is 80.3 cm³/mol. The van der Waals surface area contributed by atoms with Gasteiger partial charge in [0.1, 0.15) is 5.75 Å². The molecule has 0 spiro atoms. The summed E-state index contributed by atoms with van der Waals surface area (Å²) in [6, 6.07) is 17.2. The lowest BCUT2D eigenvalue weighted by Crippen LogP contribution is -2.02. The first kappa shape index (κ1) is 14.7. The summed E-state index contributed by atoms with van der Waals surface area (Å²) >= 11 is 0. The van der Waals surface area contributed by atoms with E-state index in [1.165, 1.54) is 12.1 Å². The number of rotatable bonds is 4. The van der Waals surface area contributed by atoms with Crippen LogP contribution < -0.4 is 4.74 Å². The van der Waals surface area contributed by atoms with Crippen molar-refractivity contribution in [3.8, 4) is 28.8 Å². The Balaban J connectivity index is 1.85. The van der Waals surface area contributed by atoms with Crippen molar-refractivity contribution >= 4 is 0 Å². The normalized spacial score (nSPS) is 10.5. The number of ether oxygens (including phenoxy) is 1. The van der Waals surface area contributed by atoms with E-state index in [1.54, 1.807) is 41.2 Å². The molecule has 23 heavy (non-hydrogen) atoms. The van der Waals surface area contributed by atoms with E-state index in [9.17, 15) is 8.78 Å². The van der Waals surface area contributed by atoms with E-state index in [2.05, 4.69) is 15.9 Å². The van der Waals surface area contributed by atoms with Crippen LogP contribution >= 0.6 is 0 Å². The van der Waals surface area contributed by atoms with Crippen LogP contribution in [-0.2, 0) is 0 Å². The third kappa shape index (κ3) is 3.35. The van der Waals surface area contributed by atoms with Crippen molar-refractivity contribution in [1.29, 1.82) is 5.26 Å². The largest absolute Gasteiger partial charge is 0.435 e. The van der Waals surface area contributed by atoms with E-state index in [1.807, 2.05) is 12.1 Å². The molecule has 6 heteroatoms. The van der Waals surface area contributed by atoms with Gasteiger partial charge in [0.2, 0.25) is 0 Å². The molecule has 1 aromatic heterocycles. The summed E-state index contributed by atoms with van der Waals surface area (Å²) in [4.78, 5) is 0. The van der Waals surface area contributed by atoms with Crippen LogP contribution in [0.3, 0.4) is 0 Å². The first-order valence-electron chi connectivity index (χ1n) is 6.77. The van der Waals surface area contributed by atoms with Gasteiger partial charge in [-0.15, -0.1) is 0 Å². The first-order valence-corrected chi connectivity index (χ1v) is 6.77. The van der Waals surface area contributed by atoms with Crippen molar-refractivity contribution in [3.05, 3.63) is 66.4 Å². The highest BCUT2D eigenvalue weighted by atomic mass is 19.3. The SMILES string of the molecule is N#Cc1cccc(-c2ccn(-c3ccc(OC(F)F)cc3)n2)c1. The molecule has 0 aliphatic heterocycles. The average Bonchev–Trinajstić information content (AvgIpc) is 3.05. The van der Waals surface area contributed by atoms with Gasteiger partial charge in [-0.1, -0.05) is 12.1 Å². The van der Waals surface area contributed by atoms with Gasteiger partial charge in [0.15, 0.2) is 0 Å². The average molecular weight is 311 g/mol. The molecule has 4 nitrogen and oxygen atoms in total. The predicted octanol–water partition coefficient (Wildman–Crippen LogP) is 4.01. The van der Waals surface area contributed by atoms with Crippen molar-refractivity contribution in [2.45, 2.75) is 6.61 Å². The van der Waals surface area contributed by atoms with E-state index < -0.39 is 6.61 Å². The Morgan fingerprint density at radius 2 is 1.87 bits per heavy atom. The van der Waals surface area contributed by atoms with Gasteiger partial charge in [0.25, 0.3) is 0 Å². The number of nitriles is 1. The molecular formula is C17H11F2N3O. The number of benzene rings is 2. The molecule has 0 saturated heterocycles. The summed E-state index contributed by atoms with van der Waals surface area (Å²) < 4.78 is 30.2. The second-order valence-corrected chi connectivity index (χ2v) is 4.71. The zero-order chi connectivity index (χ0) is 16.2. The van der Waals surface area contributed by atoms with Crippen LogP contribution in [0.2, 0.25) is 0 Å². The van der Waals surface area contributed by atoms with Gasteiger partial charge in [-0.05, 0) is 42.5 Å². The molecule has 0 unspecified atom stereocenters. The maximum Gasteiger partial charge on any atom is 0.387 e. The van der Waals surface area contributed by atoms with Gasteiger partial charge >= 0.3 is 6.61 Å². The standard InChI is InChI=1S/C17H11F2N3O/c18-17(19)23-15-6-4-14(5-7-15)22-9-8-16(21-22)13-3-1-2-12(10-13)11-20/h1-10,17H. The second kappa shape index (κ2) is 6.28. The summed E-state index contributed by atoms with van der Waals surface area (Å²) in [5, 5.41) is 13.4. The molecule has 3 aromatic rings. The number of halogens is 2. The number of alkyl halides is 2. The van der Waals surface area contributed by atoms with Gasteiger partial charge in [0.05, 0.1) is 23.0 Å². The summed E-state index contributed by atoms with van der Waals surface area (Å²) in [5.74, 6) is 0.0952. The Morgan fingerprint density at radius 3 is 2.57 bits per heavy atom. The van der Waals surface area contributed by atoms with Crippen LogP contribution in [0.1, 0.15) is 5.56 Å². The molecule has 0 aliphatic carbocycles. The third-order valence-electron chi connectivity index (χ3n) is 3.20. The maximum absolute atomic E-state index is 12.1. The molecule has 0 aliphatic rings. The van der Waals surface area contributed by atoms with Crippen LogP contribution in [-0.4, -0.2) is 16.4 Å². The molecule has 0 fully saturated rings. The smallest absolute Gasteiger partial charge is 0.387 e. The van der Waals surface area contributed by atoms with E-state index >= 15 is 0 Å². The molecule has 0 saturated carbocycles. The van der Waals surface area contributed by atoms with Crippen molar-refractivity contribution in [1.82, 2.24) is 9.78 Å². The zero-order valence-electron chi connectivity index (χ0n) is 11.9. The summed E-state index contributed by atoms with van der Waals surface area (Å²) in [5.41, 5.74) is 2.83. The fraction of sp³-hybridized carbons (Fsp3) is 0.0588. The van der Waals surface area contributed by atoms with E-state index in [0.717, 1.165) is 11.3 Å². The number of aromatic nitrogens is 2. The zero-order valence-corrected chi connectivity index (χ0v) is 11.9. The fourth-order valence-electron chi connectivity index (χ4n) is 2.15. The minimum atomic E-state index is -2.84. The fourth-order valence-corrected chi connectivity index (χ4v) is 2.15. The molecule has 0 bridgehead atoms. The number of nitrogens with zero attached hydrogens (tertiary/aromatic N) is 3. The molecule has 0 atom stereocenters. The Bertz CT molecular complexity index is 851. The Kier molecular flexibility index (Phi) is 4.02. The molecular weight excluding hydrogens is 300 g/mol. The summed E-state index contributed by atoms with van der Waals surface area (Å²) in [6.45, 7) is -2.84. The highest BCUT2D eigenvalue weighted by Crippen LogP contribution is 2.21. The van der Waals surface area contributed by atoms with E-state index in [-0.39, 0.29) is 5.75 Å². The lowest BCUT2D eigenvalue weighted by Gasteiger charge is -2.06. The maximum atomic E-state index is 12.1. The minimum Gasteiger partial charge on any atom is -0.435 e. The first-order chi connectivity index (χ1) is 11.2. The topological polar surface area (TPSA) is 50.8 Å². The summed E-state index contributed by atoms with van der Waals surface area (Å²) in [7, 11) is 0. The molecule has 0 radical (unpaired) electrons. The van der Waals surface area contributed by atoms with Crippen molar-refractivity contribution in [3.63, 3.8) is 0 Å². The monoisotopic (exact) mass is 311 g/mol. The highest BCUT2D eigenvalue weighted by Gasteiger charge is 2.07. The minimum absolute atomic E-state index is 0.0952. The van der Waals surface area contributed by atoms with Crippen molar-refractivity contribution in [2.75, 3.05) is 0 Å². The van der Waals surface area contributed by atoms with Gasteiger partial charge < -0.3 is 4.74 Å². The molecule has 3 rings (SSSR count). The van der Waals surface area contributed by atoms with Crippen LogP contribution in [0.15, 0.2) is 60.8 Å². The van der Waals surface area contributed by atoms with Gasteiger partial charge in [-0.3, -0.25) is 0 Å². The van der Waals surface area contributed by atoms with Crippen LogP contribution in [0.4, 0.5) is 8.78 Å². The summed E-state index contributed by atoms with van der Waals surface area (Å²) in [6.07, 6.45) is 1.76. The number of hydrogen-bond donors (Lipinski definition) is 0. The number of hydrogen-bond acceptors (Lipinski definition) is 3. The molecule has 0 amide bonds. The molecule has 0 N–H and O–H groups in total. The molecule has 1 heterocycles. The van der Waals surface area contributed by atoms with Crippen molar-refractivity contribution < 1.29 is 13.5 Å². The van der Waals surface area contributed by atoms with E-state index in [0.29, 0.717) is 11.3 Å². The lowest BCUT2D eigenvalue weighted by atomic mass is 10.1. The van der Waals surface area contributed by atoms with Gasteiger partial charge in [0, 0.05) is 11.8 Å². The Hall–Kier alpha value is -3.20. The van der Waals surface area contributed by atoms with E-state index in [4.69, 9.17) is 5.26 Å². The van der Waals surface area contributed by atoms with Gasteiger partial charge in [-0.25, -0.2) is 4.68 Å². The van der Waals surface area contributed by atoms with Crippen LogP contribution in [0.5, 0.6) is 5.75 Å². The highest BCUT2D eigenvalue weighted by molar-refractivity contribution is 5.61. The second-order valence-electron chi connectivity index (χ2n) is 4.71. The third-order valence-corrected chi connectivity index (χ3v) is 3.20.